The molecule has 1 saturated heterocycles. The van der Waals surface area contributed by atoms with Crippen molar-refractivity contribution in [3.05, 3.63) is 29.8 Å². The van der Waals surface area contributed by atoms with Crippen molar-refractivity contribution in [3.8, 4) is 0 Å². The van der Waals surface area contributed by atoms with Gasteiger partial charge in [0.05, 0.1) is 5.56 Å². The van der Waals surface area contributed by atoms with Crippen molar-refractivity contribution < 1.29 is 13.2 Å². The van der Waals surface area contributed by atoms with E-state index >= 15 is 0 Å². The molecule has 1 aromatic carbocycles. The Hall–Kier alpha value is -1.23. The molecule has 0 saturated carbocycles. The summed E-state index contributed by atoms with van der Waals surface area (Å²) >= 11 is 0. The van der Waals surface area contributed by atoms with E-state index in [1.54, 1.807) is 6.07 Å². The molecule has 1 fully saturated rings. The third kappa shape index (κ3) is 2.72. The van der Waals surface area contributed by atoms with Gasteiger partial charge in [0.15, 0.2) is 0 Å². The lowest BCUT2D eigenvalue weighted by atomic mass is 10.1. The first kappa shape index (κ1) is 12.2. The predicted octanol–water partition coefficient (Wildman–Crippen LogP) is 2.50. The highest BCUT2D eigenvalue weighted by molar-refractivity contribution is 5.50. The second kappa shape index (κ2) is 4.56. The summed E-state index contributed by atoms with van der Waals surface area (Å²) in [5, 5.41) is 3.22. The Bertz CT molecular complexity index is 390. The fourth-order valence-electron chi connectivity index (χ4n) is 2.09. The summed E-state index contributed by atoms with van der Waals surface area (Å²) < 4.78 is 37.8. The first-order valence-electron chi connectivity index (χ1n) is 5.63. The first-order chi connectivity index (χ1) is 7.98. The van der Waals surface area contributed by atoms with Crippen LogP contribution >= 0.6 is 0 Å². The van der Waals surface area contributed by atoms with E-state index in [0.29, 0.717) is 5.69 Å². The van der Waals surface area contributed by atoms with E-state index in [1.165, 1.54) is 12.1 Å². The molecule has 5 heteroatoms. The van der Waals surface area contributed by atoms with Crippen LogP contribution in [-0.2, 0) is 6.18 Å². The van der Waals surface area contributed by atoms with Gasteiger partial charge >= 0.3 is 6.18 Å². The standard InChI is InChI=1S/C12H15F3N2/c1-9-8-16-5-6-17(9)11-4-2-3-10(7-11)12(13,14)15/h2-4,7,9,16H,5-6,8H2,1H3/t9-/m1/s1. The molecule has 0 unspecified atom stereocenters. The lowest BCUT2D eigenvalue weighted by Crippen LogP contribution is -2.49. The van der Waals surface area contributed by atoms with Crippen molar-refractivity contribution in [2.45, 2.75) is 19.1 Å². The van der Waals surface area contributed by atoms with Gasteiger partial charge in [-0.25, -0.2) is 0 Å². The zero-order valence-corrected chi connectivity index (χ0v) is 9.59. The Morgan fingerprint density at radius 2 is 2.12 bits per heavy atom. The molecule has 0 spiro atoms. The number of piperazine rings is 1. The fraction of sp³-hybridized carbons (Fsp3) is 0.500. The zero-order valence-electron chi connectivity index (χ0n) is 9.59. The highest BCUT2D eigenvalue weighted by Gasteiger charge is 2.31. The van der Waals surface area contributed by atoms with Crippen LogP contribution < -0.4 is 10.2 Å². The van der Waals surface area contributed by atoms with Gasteiger partial charge < -0.3 is 10.2 Å². The molecule has 17 heavy (non-hydrogen) atoms. The molecule has 94 valence electrons. The molecule has 0 radical (unpaired) electrons. The van der Waals surface area contributed by atoms with E-state index < -0.39 is 11.7 Å². The van der Waals surface area contributed by atoms with Gasteiger partial charge in [-0.2, -0.15) is 13.2 Å². The van der Waals surface area contributed by atoms with Crippen LogP contribution in [0.4, 0.5) is 18.9 Å². The second-order valence-corrected chi connectivity index (χ2v) is 4.29. The van der Waals surface area contributed by atoms with Gasteiger partial charge in [-0.05, 0) is 25.1 Å². The maximum atomic E-state index is 12.6. The van der Waals surface area contributed by atoms with Crippen molar-refractivity contribution in [2.24, 2.45) is 0 Å². The van der Waals surface area contributed by atoms with Gasteiger partial charge in [-0.1, -0.05) is 6.07 Å². The molecule has 1 N–H and O–H groups in total. The number of alkyl halides is 3. The molecule has 0 aliphatic carbocycles. The summed E-state index contributed by atoms with van der Waals surface area (Å²) in [6, 6.07) is 5.74. The molecule has 1 heterocycles. The molecule has 0 bridgehead atoms. The first-order valence-corrected chi connectivity index (χ1v) is 5.63. The minimum absolute atomic E-state index is 0.215. The Balaban J connectivity index is 2.26. The van der Waals surface area contributed by atoms with Gasteiger partial charge in [-0.3, -0.25) is 0 Å². The third-order valence-corrected chi connectivity index (χ3v) is 3.01. The Kier molecular flexibility index (Phi) is 3.28. The van der Waals surface area contributed by atoms with E-state index in [9.17, 15) is 13.2 Å². The normalized spacial score (nSPS) is 21.6. The van der Waals surface area contributed by atoms with E-state index in [-0.39, 0.29) is 6.04 Å². The SMILES string of the molecule is C[C@@H]1CNCCN1c1cccc(C(F)(F)F)c1. The Morgan fingerprint density at radius 3 is 2.76 bits per heavy atom. The number of rotatable bonds is 1. The number of anilines is 1. The topological polar surface area (TPSA) is 15.3 Å². The lowest BCUT2D eigenvalue weighted by molar-refractivity contribution is -0.137. The van der Waals surface area contributed by atoms with Crippen LogP contribution in [0, 0.1) is 0 Å². The van der Waals surface area contributed by atoms with E-state index in [1.807, 2.05) is 11.8 Å². The molecule has 0 aromatic heterocycles. The van der Waals surface area contributed by atoms with Gasteiger partial charge in [0, 0.05) is 31.4 Å². The molecule has 1 atom stereocenters. The van der Waals surface area contributed by atoms with Crippen LogP contribution in [0.1, 0.15) is 12.5 Å². The zero-order chi connectivity index (χ0) is 12.5. The van der Waals surface area contributed by atoms with Crippen LogP contribution in [0.2, 0.25) is 0 Å². The van der Waals surface area contributed by atoms with Crippen LogP contribution in [0.25, 0.3) is 0 Å². The van der Waals surface area contributed by atoms with E-state index in [4.69, 9.17) is 0 Å². The maximum Gasteiger partial charge on any atom is 0.416 e. The molecule has 2 rings (SSSR count). The summed E-state index contributed by atoms with van der Waals surface area (Å²) in [5.41, 5.74) is 0.0644. The number of halogens is 3. The van der Waals surface area contributed by atoms with E-state index in [2.05, 4.69) is 5.32 Å². The van der Waals surface area contributed by atoms with Gasteiger partial charge in [-0.15, -0.1) is 0 Å². The maximum absolute atomic E-state index is 12.6. The Morgan fingerprint density at radius 1 is 1.35 bits per heavy atom. The summed E-state index contributed by atoms with van der Waals surface area (Å²) in [6.07, 6.45) is -4.27. The smallest absolute Gasteiger partial charge is 0.366 e. The summed E-state index contributed by atoms with van der Waals surface area (Å²) in [7, 11) is 0. The van der Waals surface area contributed by atoms with Crippen LogP contribution in [0.3, 0.4) is 0 Å². The highest BCUT2D eigenvalue weighted by Crippen LogP contribution is 2.32. The minimum atomic E-state index is -4.27. The van der Waals surface area contributed by atoms with Crippen LogP contribution in [0.5, 0.6) is 0 Å². The monoisotopic (exact) mass is 244 g/mol. The minimum Gasteiger partial charge on any atom is -0.366 e. The molecule has 1 aliphatic heterocycles. The predicted molar refractivity (Wildman–Crippen MR) is 61.1 cm³/mol. The van der Waals surface area contributed by atoms with Crippen LogP contribution in [0.15, 0.2) is 24.3 Å². The lowest BCUT2D eigenvalue weighted by Gasteiger charge is -2.36. The number of hydrogen-bond acceptors (Lipinski definition) is 2. The van der Waals surface area contributed by atoms with Crippen molar-refractivity contribution in [3.63, 3.8) is 0 Å². The molecular weight excluding hydrogens is 229 g/mol. The van der Waals surface area contributed by atoms with Crippen molar-refractivity contribution in [1.29, 1.82) is 0 Å². The number of hydrogen-bond donors (Lipinski definition) is 1. The quantitative estimate of drug-likeness (QED) is 0.816. The van der Waals surface area contributed by atoms with Gasteiger partial charge in [0.1, 0.15) is 0 Å². The average molecular weight is 244 g/mol. The number of nitrogens with zero attached hydrogens (tertiary/aromatic N) is 1. The number of benzene rings is 1. The number of nitrogens with one attached hydrogen (secondary N) is 1. The van der Waals surface area contributed by atoms with Crippen LogP contribution in [-0.4, -0.2) is 25.7 Å². The molecule has 1 aliphatic rings. The van der Waals surface area contributed by atoms with Crippen molar-refractivity contribution in [2.75, 3.05) is 24.5 Å². The van der Waals surface area contributed by atoms with E-state index in [0.717, 1.165) is 25.7 Å². The summed E-state index contributed by atoms with van der Waals surface area (Å²) in [4.78, 5) is 2.01. The van der Waals surface area contributed by atoms with Gasteiger partial charge in [0.2, 0.25) is 0 Å². The molecule has 1 aromatic rings. The Labute approximate surface area is 98.4 Å². The summed E-state index contributed by atoms with van der Waals surface area (Å²) in [6.45, 7) is 4.35. The largest absolute Gasteiger partial charge is 0.416 e. The van der Waals surface area contributed by atoms with Gasteiger partial charge in [0.25, 0.3) is 0 Å². The molecular formula is C12H15F3N2. The second-order valence-electron chi connectivity index (χ2n) is 4.29. The van der Waals surface area contributed by atoms with Crippen molar-refractivity contribution >= 4 is 5.69 Å². The highest BCUT2D eigenvalue weighted by atomic mass is 19.4. The fourth-order valence-corrected chi connectivity index (χ4v) is 2.09. The molecule has 2 nitrogen and oxygen atoms in total. The van der Waals surface area contributed by atoms with Crippen molar-refractivity contribution in [1.82, 2.24) is 5.32 Å². The molecule has 0 amide bonds. The summed E-state index contributed by atoms with van der Waals surface area (Å²) in [5.74, 6) is 0. The third-order valence-electron chi connectivity index (χ3n) is 3.01. The average Bonchev–Trinajstić information content (AvgIpc) is 2.29.